The van der Waals surface area contributed by atoms with E-state index in [9.17, 15) is 24.3 Å². The average molecular weight is 434 g/mol. The van der Waals surface area contributed by atoms with Gasteiger partial charge in [-0.05, 0) is 43.5 Å². The van der Waals surface area contributed by atoms with Gasteiger partial charge in [-0.3, -0.25) is 14.2 Å². The number of benzene rings is 2. The number of nitriles is 1. The van der Waals surface area contributed by atoms with E-state index in [0.29, 0.717) is 5.56 Å². The molecule has 3 aromatic rings. The van der Waals surface area contributed by atoms with Crippen LogP contribution in [0.3, 0.4) is 0 Å². The Morgan fingerprint density at radius 2 is 1.81 bits per heavy atom. The molecule has 2 unspecified atom stereocenters. The van der Waals surface area contributed by atoms with Gasteiger partial charge in [0.15, 0.2) is 17.7 Å². The first kappa shape index (κ1) is 22.8. The summed E-state index contributed by atoms with van der Waals surface area (Å²) < 4.78 is 20.7. The van der Waals surface area contributed by atoms with Gasteiger partial charge in [-0.1, -0.05) is 49.4 Å². The first-order chi connectivity index (χ1) is 15.3. The van der Waals surface area contributed by atoms with Gasteiger partial charge in [0.05, 0.1) is 11.6 Å². The third kappa shape index (κ3) is 4.12. The summed E-state index contributed by atoms with van der Waals surface area (Å²) in [6, 6.07) is 15.8. The number of carbonyl (C=O) groups excluding carboxylic acids is 1. The molecule has 1 N–H and O–H groups in total. The standard InChI is InChI=1S/C25H23FN2O4/c1-4-20(32-21-13-9-8-12-19(21)26)23(29)22-15(2)18(14-27)24(30)28(25(22)31)16(3)17-10-6-5-7-11-17/h5-13,16,20,31H,4H2,1-3H3. The Labute approximate surface area is 185 Å². The second-order valence-corrected chi connectivity index (χ2v) is 7.38. The zero-order valence-electron chi connectivity index (χ0n) is 18.0. The molecular weight excluding hydrogens is 411 g/mol. The van der Waals surface area contributed by atoms with Gasteiger partial charge in [0, 0.05) is 0 Å². The number of para-hydroxylation sites is 1. The predicted octanol–water partition coefficient (Wildman–Crippen LogP) is 4.52. The summed E-state index contributed by atoms with van der Waals surface area (Å²) in [5.74, 6) is -1.92. The molecule has 0 fully saturated rings. The quantitative estimate of drug-likeness (QED) is 0.552. The number of rotatable bonds is 7. The van der Waals surface area contributed by atoms with Gasteiger partial charge in [-0.25, -0.2) is 4.39 Å². The first-order valence-electron chi connectivity index (χ1n) is 10.2. The molecule has 7 heteroatoms. The topological polar surface area (TPSA) is 92.3 Å². The second kappa shape index (κ2) is 9.48. The van der Waals surface area contributed by atoms with E-state index in [-0.39, 0.29) is 28.9 Å². The molecular formula is C25H23FN2O4. The molecule has 164 valence electrons. The Balaban J connectivity index is 2.15. The molecule has 0 bridgehead atoms. The largest absolute Gasteiger partial charge is 0.494 e. The lowest BCUT2D eigenvalue weighted by Crippen LogP contribution is -2.33. The van der Waals surface area contributed by atoms with E-state index in [4.69, 9.17) is 4.74 Å². The second-order valence-electron chi connectivity index (χ2n) is 7.38. The molecule has 0 aliphatic carbocycles. The van der Waals surface area contributed by atoms with Crippen molar-refractivity contribution >= 4 is 5.78 Å². The number of carbonyl (C=O) groups is 1. The zero-order chi connectivity index (χ0) is 23.4. The highest BCUT2D eigenvalue weighted by Gasteiger charge is 2.31. The average Bonchev–Trinajstić information content (AvgIpc) is 2.79. The van der Waals surface area contributed by atoms with Gasteiger partial charge in [0.2, 0.25) is 11.7 Å². The van der Waals surface area contributed by atoms with E-state index in [1.54, 1.807) is 44.2 Å². The highest BCUT2D eigenvalue weighted by molar-refractivity contribution is 6.03. The van der Waals surface area contributed by atoms with Crippen LogP contribution in [0, 0.1) is 24.1 Å². The maximum Gasteiger partial charge on any atom is 0.272 e. The van der Waals surface area contributed by atoms with Crippen LogP contribution in [-0.4, -0.2) is 21.6 Å². The summed E-state index contributed by atoms with van der Waals surface area (Å²) in [4.78, 5) is 26.4. The third-order valence-electron chi connectivity index (χ3n) is 5.43. The van der Waals surface area contributed by atoms with Crippen LogP contribution in [-0.2, 0) is 0 Å². The fourth-order valence-electron chi connectivity index (χ4n) is 3.63. The van der Waals surface area contributed by atoms with Gasteiger partial charge in [-0.15, -0.1) is 0 Å². The number of aromatic nitrogens is 1. The minimum Gasteiger partial charge on any atom is -0.494 e. The lowest BCUT2D eigenvalue weighted by molar-refractivity contribution is 0.0774. The molecule has 0 saturated carbocycles. The SMILES string of the molecule is CCC(Oc1ccccc1F)C(=O)c1c(C)c(C#N)c(=O)n(C(C)c2ccccc2)c1O. The molecule has 0 spiro atoms. The highest BCUT2D eigenvalue weighted by atomic mass is 19.1. The van der Waals surface area contributed by atoms with Crippen molar-refractivity contribution in [2.75, 3.05) is 0 Å². The van der Waals surface area contributed by atoms with Crippen LogP contribution < -0.4 is 10.3 Å². The molecule has 0 saturated heterocycles. The zero-order valence-corrected chi connectivity index (χ0v) is 18.0. The maximum atomic E-state index is 14.1. The van der Waals surface area contributed by atoms with Crippen molar-refractivity contribution in [3.05, 3.63) is 93.0 Å². The lowest BCUT2D eigenvalue weighted by Gasteiger charge is -2.23. The number of aromatic hydroxyl groups is 1. The third-order valence-corrected chi connectivity index (χ3v) is 5.43. The molecule has 1 aromatic heterocycles. The van der Waals surface area contributed by atoms with E-state index in [0.717, 1.165) is 4.57 Å². The predicted molar refractivity (Wildman–Crippen MR) is 118 cm³/mol. The van der Waals surface area contributed by atoms with Crippen LogP contribution >= 0.6 is 0 Å². The molecule has 0 amide bonds. The van der Waals surface area contributed by atoms with Crippen LogP contribution in [0.5, 0.6) is 11.6 Å². The molecule has 0 aliphatic heterocycles. The summed E-state index contributed by atoms with van der Waals surface area (Å²) >= 11 is 0. The minimum absolute atomic E-state index is 0.0621. The van der Waals surface area contributed by atoms with Crippen LogP contribution in [0.4, 0.5) is 4.39 Å². The molecule has 0 aliphatic rings. The summed E-state index contributed by atoms with van der Waals surface area (Å²) in [6.07, 6.45) is -0.942. The van der Waals surface area contributed by atoms with Gasteiger partial charge in [0.25, 0.3) is 5.56 Å². The molecule has 2 aromatic carbocycles. The number of Topliss-reactive ketones (excluding diaryl/α,β-unsaturated/α-hetero) is 1. The van der Waals surface area contributed by atoms with Crippen LogP contribution in [0.2, 0.25) is 0 Å². The van der Waals surface area contributed by atoms with Crippen molar-refractivity contribution in [3.63, 3.8) is 0 Å². The fourth-order valence-corrected chi connectivity index (χ4v) is 3.63. The van der Waals surface area contributed by atoms with Crippen LogP contribution in [0.25, 0.3) is 0 Å². The Morgan fingerprint density at radius 1 is 1.19 bits per heavy atom. The van der Waals surface area contributed by atoms with Gasteiger partial charge < -0.3 is 9.84 Å². The summed E-state index contributed by atoms with van der Waals surface area (Å²) in [5.41, 5.74) is -0.349. The van der Waals surface area contributed by atoms with Crippen molar-refractivity contribution in [1.82, 2.24) is 4.57 Å². The van der Waals surface area contributed by atoms with Gasteiger partial charge >= 0.3 is 0 Å². The number of nitrogens with zero attached hydrogens (tertiary/aromatic N) is 2. The highest BCUT2D eigenvalue weighted by Crippen LogP contribution is 2.30. The Kier molecular flexibility index (Phi) is 6.74. The van der Waals surface area contributed by atoms with Crippen molar-refractivity contribution in [2.45, 2.75) is 39.3 Å². The van der Waals surface area contributed by atoms with E-state index in [1.807, 2.05) is 12.1 Å². The molecule has 2 atom stereocenters. The first-order valence-corrected chi connectivity index (χ1v) is 10.2. The van der Waals surface area contributed by atoms with Gasteiger partial charge in [0.1, 0.15) is 11.6 Å². The smallest absolute Gasteiger partial charge is 0.272 e. The molecule has 0 radical (unpaired) electrons. The monoisotopic (exact) mass is 434 g/mol. The number of pyridine rings is 1. The van der Waals surface area contributed by atoms with Crippen LogP contribution in [0.1, 0.15) is 53.4 Å². The lowest BCUT2D eigenvalue weighted by atomic mass is 9.96. The summed E-state index contributed by atoms with van der Waals surface area (Å²) in [7, 11) is 0. The van der Waals surface area contributed by atoms with Crippen LogP contribution in [0.15, 0.2) is 59.4 Å². The Morgan fingerprint density at radius 3 is 2.41 bits per heavy atom. The summed E-state index contributed by atoms with van der Waals surface area (Å²) in [5, 5.41) is 20.6. The normalized spacial score (nSPS) is 12.6. The number of hydrogen-bond donors (Lipinski definition) is 1. The number of halogens is 1. The molecule has 3 rings (SSSR count). The van der Waals surface area contributed by atoms with E-state index in [2.05, 4.69) is 0 Å². The molecule has 1 heterocycles. The number of hydrogen-bond acceptors (Lipinski definition) is 5. The Hall–Kier alpha value is -3.92. The van der Waals surface area contributed by atoms with E-state index in [1.165, 1.54) is 25.1 Å². The fraction of sp³-hybridized carbons (Fsp3) is 0.240. The van der Waals surface area contributed by atoms with Gasteiger partial charge in [-0.2, -0.15) is 5.26 Å². The van der Waals surface area contributed by atoms with Crippen molar-refractivity contribution < 1.29 is 19.0 Å². The van der Waals surface area contributed by atoms with Crippen molar-refractivity contribution in [2.24, 2.45) is 0 Å². The van der Waals surface area contributed by atoms with Crippen molar-refractivity contribution in [3.8, 4) is 17.7 Å². The number of ether oxygens (including phenoxy) is 1. The summed E-state index contributed by atoms with van der Waals surface area (Å²) in [6.45, 7) is 4.80. The van der Waals surface area contributed by atoms with Crippen molar-refractivity contribution in [1.29, 1.82) is 5.26 Å². The van der Waals surface area contributed by atoms with E-state index < -0.39 is 35.2 Å². The maximum absolute atomic E-state index is 14.1. The Bertz CT molecular complexity index is 1250. The molecule has 32 heavy (non-hydrogen) atoms. The van der Waals surface area contributed by atoms with E-state index >= 15 is 0 Å². The minimum atomic E-state index is -1.12. The molecule has 6 nitrogen and oxygen atoms in total. The number of ketones is 1.